The number of aryl methyl sites for hydroxylation is 3. The predicted molar refractivity (Wildman–Crippen MR) is 125 cm³/mol. The Hall–Kier alpha value is -4.05. The number of benzene rings is 3. The molecule has 4 nitrogen and oxygen atoms in total. The normalized spacial score (nSPS) is 11.6. The average molecular weight is 464 g/mol. The molecule has 0 saturated carbocycles. The third-order valence-corrected chi connectivity index (χ3v) is 5.13. The Labute approximate surface area is 196 Å². The van der Waals surface area contributed by atoms with Crippen LogP contribution in [0.2, 0.25) is 0 Å². The highest BCUT2D eigenvalue weighted by molar-refractivity contribution is 6.10. The molecule has 0 heterocycles. The van der Waals surface area contributed by atoms with E-state index in [9.17, 15) is 23.2 Å². The lowest BCUT2D eigenvalue weighted by Gasteiger charge is -2.12. The van der Waals surface area contributed by atoms with E-state index >= 15 is 0 Å². The number of nitrogens with zero attached hydrogens (tertiary/aromatic N) is 1. The highest BCUT2D eigenvalue weighted by Gasteiger charge is 2.30. The molecule has 0 fully saturated rings. The fourth-order valence-corrected chi connectivity index (χ4v) is 3.54. The maximum atomic E-state index is 12.8. The van der Waals surface area contributed by atoms with Crippen LogP contribution in [-0.4, -0.2) is 5.91 Å². The molecule has 3 aromatic rings. The number of carbonyl (C=O) groups is 1. The highest BCUT2D eigenvalue weighted by atomic mass is 19.4. The molecule has 3 rings (SSSR count). The van der Waals surface area contributed by atoms with Crippen LogP contribution in [0, 0.1) is 32.1 Å². The van der Waals surface area contributed by atoms with Gasteiger partial charge in [-0.15, -0.1) is 0 Å². The summed E-state index contributed by atoms with van der Waals surface area (Å²) in [5.74, 6) is -0.0640. The number of anilines is 1. The van der Waals surface area contributed by atoms with Crippen LogP contribution >= 0.6 is 0 Å². The molecule has 3 aromatic carbocycles. The molecule has 0 bridgehead atoms. The molecule has 174 valence electrons. The van der Waals surface area contributed by atoms with Gasteiger partial charge in [0.1, 0.15) is 24.0 Å². The van der Waals surface area contributed by atoms with Crippen LogP contribution < -0.4 is 10.1 Å². The third kappa shape index (κ3) is 6.26. The molecule has 1 N–H and O–H groups in total. The average Bonchev–Trinajstić information content (AvgIpc) is 2.78. The maximum absolute atomic E-state index is 12.8. The molecule has 0 saturated heterocycles. The van der Waals surface area contributed by atoms with Gasteiger partial charge in [0.2, 0.25) is 0 Å². The number of hydrogen-bond donors (Lipinski definition) is 1. The Morgan fingerprint density at radius 2 is 1.68 bits per heavy atom. The van der Waals surface area contributed by atoms with Gasteiger partial charge in [0.05, 0.1) is 5.56 Å². The topological polar surface area (TPSA) is 62.1 Å². The molecular weight excluding hydrogens is 441 g/mol. The number of hydrogen-bond acceptors (Lipinski definition) is 3. The summed E-state index contributed by atoms with van der Waals surface area (Å²) in [5, 5.41) is 12.3. The Bertz CT molecular complexity index is 1250. The van der Waals surface area contributed by atoms with Gasteiger partial charge in [0, 0.05) is 5.69 Å². The van der Waals surface area contributed by atoms with E-state index in [-0.39, 0.29) is 12.2 Å². The molecule has 0 aliphatic heterocycles. The summed E-state index contributed by atoms with van der Waals surface area (Å²) in [7, 11) is 0. The summed E-state index contributed by atoms with van der Waals surface area (Å²) in [6.07, 6.45) is -2.95. The zero-order valence-electron chi connectivity index (χ0n) is 19.0. The van der Waals surface area contributed by atoms with E-state index in [1.807, 2.05) is 39.0 Å². The summed E-state index contributed by atoms with van der Waals surface area (Å²) < 4.78 is 44.1. The van der Waals surface area contributed by atoms with Crippen LogP contribution in [0.15, 0.2) is 66.2 Å². The number of amides is 1. The van der Waals surface area contributed by atoms with Crippen molar-refractivity contribution in [3.8, 4) is 11.8 Å². The lowest BCUT2D eigenvalue weighted by atomic mass is 10.0. The monoisotopic (exact) mass is 464 g/mol. The number of ether oxygens (including phenoxy) is 1. The van der Waals surface area contributed by atoms with Gasteiger partial charge >= 0.3 is 6.18 Å². The zero-order chi connectivity index (χ0) is 24.9. The van der Waals surface area contributed by atoms with Crippen molar-refractivity contribution in [1.29, 1.82) is 5.26 Å². The quantitative estimate of drug-likeness (QED) is 0.324. The summed E-state index contributed by atoms with van der Waals surface area (Å²) in [5.41, 5.74) is 3.79. The van der Waals surface area contributed by atoms with Crippen molar-refractivity contribution in [2.45, 2.75) is 33.6 Å². The standard InChI is InChI=1S/C27H23F3N2O2/c1-17-11-18(2)25(19(3)12-17)32-26(33)22(15-31)13-20-7-9-24(10-8-20)34-16-21-5-4-6-23(14-21)27(28,29)30/h4-14H,16H2,1-3H3,(H,32,33). The number of halogens is 3. The van der Waals surface area contributed by atoms with Crippen molar-refractivity contribution >= 4 is 17.7 Å². The van der Waals surface area contributed by atoms with Crippen molar-refractivity contribution < 1.29 is 22.7 Å². The molecule has 0 spiro atoms. The van der Waals surface area contributed by atoms with Crippen molar-refractivity contribution in [2.24, 2.45) is 0 Å². The Balaban J connectivity index is 1.68. The van der Waals surface area contributed by atoms with Gasteiger partial charge in [-0.1, -0.05) is 42.0 Å². The number of alkyl halides is 3. The first-order chi connectivity index (χ1) is 16.1. The molecule has 34 heavy (non-hydrogen) atoms. The van der Waals surface area contributed by atoms with Crippen molar-refractivity contribution in [3.05, 3.63) is 99.6 Å². The molecule has 0 unspecified atom stereocenters. The molecule has 0 aliphatic rings. The highest BCUT2D eigenvalue weighted by Crippen LogP contribution is 2.30. The van der Waals surface area contributed by atoms with E-state index in [4.69, 9.17) is 4.74 Å². The van der Waals surface area contributed by atoms with Gasteiger partial charge < -0.3 is 10.1 Å². The Morgan fingerprint density at radius 1 is 1.03 bits per heavy atom. The minimum atomic E-state index is -4.41. The molecule has 7 heteroatoms. The second kappa shape index (κ2) is 10.3. The van der Waals surface area contributed by atoms with Crippen LogP contribution in [-0.2, 0) is 17.6 Å². The van der Waals surface area contributed by atoms with Crippen molar-refractivity contribution in [1.82, 2.24) is 0 Å². The van der Waals surface area contributed by atoms with Gasteiger partial charge in [-0.3, -0.25) is 4.79 Å². The first kappa shape index (κ1) is 24.6. The SMILES string of the molecule is Cc1cc(C)c(NC(=O)C(C#N)=Cc2ccc(OCc3cccc(C(F)(F)F)c3)cc2)c(C)c1. The minimum Gasteiger partial charge on any atom is -0.489 e. The molecule has 0 atom stereocenters. The lowest BCUT2D eigenvalue weighted by molar-refractivity contribution is -0.137. The molecule has 0 radical (unpaired) electrons. The molecule has 0 aromatic heterocycles. The first-order valence-electron chi connectivity index (χ1n) is 10.5. The Kier molecular flexibility index (Phi) is 7.42. The third-order valence-electron chi connectivity index (χ3n) is 5.13. The van der Waals surface area contributed by atoms with E-state index in [2.05, 4.69) is 5.32 Å². The van der Waals surface area contributed by atoms with E-state index in [1.54, 1.807) is 30.3 Å². The van der Waals surface area contributed by atoms with E-state index < -0.39 is 17.6 Å². The number of nitrogens with one attached hydrogen (secondary N) is 1. The zero-order valence-corrected chi connectivity index (χ0v) is 19.0. The van der Waals surface area contributed by atoms with Crippen LogP contribution in [0.3, 0.4) is 0 Å². The van der Waals surface area contributed by atoms with Crippen LogP contribution in [0.4, 0.5) is 18.9 Å². The summed E-state index contributed by atoms with van der Waals surface area (Å²) in [6.45, 7) is 5.73. The van der Waals surface area contributed by atoms with E-state index in [0.29, 0.717) is 22.6 Å². The predicted octanol–water partition coefficient (Wildman–Crippen LogP) is 6.76. The number of rotatable bonds is 6. The molecule has 1 amide bonds. The largest absolute Gasteiger partial charge is 0.489 e. The molecular formula is C27H23F3N2O2. The summed E-state index contributed by atoms with van der Waals surface area (Å²) in [4.78, 5) is 12.7. The van der Waals surface area contributed by atoms with Crippen molar-refractivity contribution in [3.63, 3.8) is 0 Å². The van der Waals surface area contributed by atoms with Gasteiger partial charge in [-0.05, 0) is 73.4 Å². The van der Waals surface area contributed by atoms with E-state index in [0.717, 1.165) is 28.8 Å². The van der Waals surface area contributed by atoms with Crippen LogP contribution in [0.25, 0.3) is 6.08 Å². The first-order valence-corrected chi connectivity index (χ1v) is 10.5. The lowest BCUT2D eigenvalue weighted by Crippen LogP contribution is -2.15. The van der Waals surface area contributed by atoms with E-state index in [1.165, 1.54) is 12.1 Å². The van der Waals surface area contributed by atoms with Crippen LogP contribution in [0.1, 0.15) is 33.4 Å². The van der Waals surface area contributed by atoms with Gasteiger partial charge in [0.25, 0.3) is 5.91 Å². The smallest absolute Gasteiger partial charge is 0.416 e. The second-order valence-electron chi connectivity index (χ2n) is 7.95. The summed E-state index contributed by atoms with van der Waals surface area (Å²) >= 11 is 0. The summed E-state index contributed by atoms with van der Waals surface area (Å²) in [6, 6.07) is 17.4. The fraction of sp³-hybridized carbons (Fsp3) is 0.185. The number of carbonyl (C=O) groups excluding carboxylic acids is 1. The van der Waals surface area contributed by atoms with Gasteiger partial charge in [-0.2, -0.15) is 18.4 Å². The Morgan fingerprint density at radius 3 is 2.26 bits per heavy atom. The minimum absolute atomic E-state index is 0.0276. The van der Waals surface area contributed by atoms with Crippen molar-refractivity contribution in [2.75, 3.05) is 5.32 Å². The maximum Gasteiger partial charge on any atom is 0.416 e. The number of nitriles is 1. The fourth-order valence-electron chi connectivity index (χ4n) is 3.54. The second-order valence-corrected chi connectivity index (χ2v) is 7.95. The van der Waals surface area contributed by atoms with Crippen LogP contribution in [0.5, 0.6) is 5.75 Å². The molecule has 0 aliphatic carbocycles. The van der Waals surface area contributed by atoms with Gasteiger partial charge in [-0.25, -0.2) is 0 Å². The van der Waals surface area contributed by atoms with Gasteiger partial charge in [0.15, 0.2) is 0 Å².